The molecule has 0 N–H and O–H groups in total. The maximum Gasteiger partial charge on any atom is 0.143 e. The monoisotopic (exact) mass is 904 g/mol. The first-order valence-corrected chi connectivity index (χ1v) is 24.3. The van der Waals surface area contributed by atoms with E-state index < -0.39 is 0 Å². The number of hydrogen-bond acceptors (Lipinski definition) is 2. The molecule has 0 fully saturated rings. The van der Waals surface area contributed by atoms with Gasteiger partial charge in [-0.1, -0.05) is 200 Å². The van der Waals surface area contributed by atoms with Gasteiger partial charge in [-0.3, -0.25) is 0 Å². The minimum Gasteiger partial charge on any atom is -0.455 e. The first-order valence-electron chi connectivity index (χ1n) is 24.3. The minimum atomic E-state index is 0.898. The highest BCUT2D eigenvalue weighted by molar-refractivity contribution is 6.15. The van der Waals surface area contributed by atoms with Gasteiger partial charge >= 0.3 is 0 Å². The van der Waals surface area contributed by atoms with E-state index >= 15 is 0 Å². The standard InChI is InChI=1S/C68H44N2O/c1-2-20-52-49(17-1)44-62(56-23-4-3-22-55(52)56)59-26-8-11-31-64(59)69(51-41-37-46(38-42-51)54-28-16-29-61-60-27-9-14-34-67(60)71-68(54)61)50-39-35-45(36-40-50)47-18-15-19-48(43-47)53-21-5-10-30-63(53)70-65-32-12-6-24-57(65)58-25-7-13-33-66(58)70/h1-44H. The molecule has 0 amide bonds. The third kappa shape index (κ3) is 6.74. The van der Waals surface area contributed by atoms with Gasteiger partial charge in [0.05, 0.1) is 22.4 Å². The largest absolute Gasteiger partial charge is 0.455 e. The molecule has 2 aromatic heterocycles. The second-order valence-corrected chi connectivity index (χ2v) is 18.4. The van der Waals surface area contributed by atoms with Crippen molar-refractivity contribution in [2.24, 2.45) is 0 Å². The van der Waals surface area contributed by atoms with Crippen molar-refractivity contribution >= 4 is 82.4 Å². The topological polar surface area (TPSA) is 21.3 Å². The number of anilines is 3. The van der Waals surface area contributed by atoms with Gasteiger partial charge in [0, 0.05) is 49.6 Å². The highest BCUT2D eigenvalue weighted by atomic mass is 16.3. The smallest absolute Gasteiger partial charge is 0.143 e. The van der Waals surface area contributed by atoms with Crippen molar-refractivity contribution in [2.75, 3.05) is 4.90 Å². The molecule has 332 valence electrons. The lowest BCUT2D eigenvalue weighted by Gasteiger charge is -2.28. The Kier molecular flexibility index (Phi) is 9.53. The zero-order valence-electron chi connectivity index (χ0n) is 38.7. The van der Waals surface area contributed by atoms with E-state index in [0.29, 0.717) is 0 Å². The Hall–Kier alpha value is -9.44. The van der Waals surface area contributed by atoms with E-state index in [1.54, 1.807) is 0 Å². The minimum absolute atomic E-state index is 0.898. The van der Waals surface area contributed by atoms with Gasteiger partial charge in [-0.25, -0.2) is 0 Å². The van der Waals surface area contributed by atoms with E-state index in [-0.39, 0.29) is 0 Å². The van der Waals surface area contributed by atoms with Crippen LogP contribution in [-0.2, 0) is 0 Å². The van der Waals surface area contributed by atoms with Crippen LogP contribution >= 0.6 is 0 Å². The summed E-state index contributed by atoms with van der Waals surface area (Å²) in [5.74, 6) is 0. The van der Waals surface area contributed by atoms with Crippen molar-refractivity contribution in [1.82, 2.24) is 4.57 Å². The molecule has 0 atom stereocenters. The van der Waals surface area contributed by atoms with Gasteiger partial charge < -0.3 is 13.9 Å². The lowest BCUT2D eigenvalue weighted by molar-refractivity contribution is 0.670. The van der Waals surface area contributed by atoms with Crippen LogP contribution < -0.4 is 4.90 Å². The first kappa shape index (κ1) is 40.6. The van der Waals surface area contributed by atoms with Crippen LogP contribution in [0.15, 0.2) is 271 Å². The summed E-state index contributed by atoms with van der Waals surface area (Å²) in [5, 5.41) is 9.71. The number of aromatic nitrogens is 1. The van der Waals surface area contributed by atoms with Crippen molar-refractivity contribution in [3.63, 3.8) is 0 Å². The highest BCUT2D eigenvalue weighted by Crippen LogP contribution is 2.46. The maximum atomic E-state index is 6.51. The maximum absolute atomic E-state index is 6.51. The van der Waals surface area contributed by atoms with E-state index in [0.717, 1.165) is 72.5 Å². The molecule has 2 heterocycles. The van der Waals surface area contributed by atoms with Gasteiger partial charge in [-0.05, 0) is 116 Å². The molecule has 71 heavy (non-hydrogen) atoms. The average molecular weight is 905 g/mol. The van der Waals surface area contributed by atoms with Crippen molar-refractivity contribution in [1.29, 1.82) is 0 Å². The van der Waals surface area contributed by atoms with Crippen LogP contribution in [0.25, 0.3) is 115 Å². The zero-order valence-corrected chi connectivity index (χ0v) is 38.7. The normalized spacial score (nSPS) is 11.7. The summed E-state index contributed by atoms with van der Waals surface area (Å²) in [5.41, 5.74) is 17.8. The van der Waals surface area contributed by atoms with Gasteiger partial charge in [0.25, 0.3) is 0 Å². The molecule has 0 spiro atoms. The zero-order chi connectivity index (χ0) is 46.8. The van der Waals surface area contributed by atoms with Crippen molar-refractivity contribution < 1.29 is 4.42 Å². The van der Waals surface area contributed by atoms with E-state index in [4.69, 9.17) is 4.42 Å². The van der Waals surface area contributed by atoms with E-state index in [2.05, 4.69) is 264 Å². The van der Waals surface area contributed by atoms with E-state index in [1.165, 1.54) is 60.0 Å². The molecule has 3 nitrogen and oxygen atoms in total. The fourth-order valence-corrected chi connectivity index (χ4v) is 11.1. The van der Waals surface area contributed by atoms with Gasteiger partial charge in [-0.15, -0.1) is 0 Å². The highest BCUT2D eigenvalue weighted by Gasteiger charge is 2.21. The third-order valence-electron chi connectivity index (χ3n) is 14.4. The second-order valence-electron chi connectivity index (χ2n) is 18.4. The van der Waals surface area contributed by atoms with E-state index in [9.17, 15) is 0 Å². The molecule has 0 saturated carbocycles. The molecule has 14 aromatic rings. The van der Waals surface area contributed by atoms with Gasteiger partial charge in [0.1, 0.15) is 11.2 Å². The lowest BCUT2D eigenvalue weighted by Crippen LogP contribution is -2.11. The fourth-order valence-electron chi connectivity index (χ4n) is 11.1. The van der Waals surface area contributed by atoms with Crippen molar-refractivity contribution in [2.45, 2.75) is 0 Å². The molecule has 0 unspecified atom stereocenters. The number of fused-ring (bicyclic) bond motifs is 9. The lowest BCUT2D eigenvalue weighted by atomic mass is 9.92. The Balaban J connectivity index is 0.892. The predicted molar refractivity (Wildman–Crippen MR) is 299 cm³/mol. The van der Waals surface area contributed by atoms with Gasteiger partial charge in [-0.2, -0.15) is 0 Å². The Morgan fingerprint density at radius 1 is 0.296 bits per heavy atom. The van der Waals surface area contributed by atoms with Crippen LogP contribution in [0.1, 0.15) is 0 Å². The fraction of sp³-hybridized carbons (Fsp3) is 0. The number of nitrogens with zero attached hydrogens (tertiary/aromatic N) is 2. The van der Waals surface area contributed by atoms with Crippen LogP contribution in [-0.4, -0.2) is 4.57 Å². The molecule has 14 rings (SSSR count). The molecule has 0 radical (unpaired) electrons. The Bertz CT molecular complexity index is 4290. The molecule has 3 heteroatoms. The van der Waals surface area contributed by atoms with Crippen molar-refractivity contribution in [3.05, 3.63) is 267 Å². The number of benzene rings is 12. The Labute approximate surface area is 411 Å². The SMILES string of the molecule is c1cc(-c2ccc(N(c3ccc(-c4cccc5c4oc4ccccc45)cc3)c3ccccc3-c3cc4ccccc4c4ccccc34)cc2)cc(-c2ccccc2-n2c3ccccc3c3ccccc32)c1. The summed E-state index contributed by atoms with van der Waals surface area (Å²) in [4.78, 5) is 2.41. The summed E-state index contributed by atoms with van der Waals surface area (Å²) in [6.45, 7) is 0. The predicted octanol–water partition coefficient (Wildman–Crippen LogP) is 19.1. The van der Waals surface area contributed by atoms with Gasteiger partial charge in [0.15, 0.2) is 0 Å². The number of para-hydroxylation sites is 6. The molecular formula is C68H44N2O. The summed E-state index contributed by atoms with van der Waals surface area (Å²) in [7, 11) is 0. The molecule has 0 aliphatic heterocycles. The van der Waals surface area contributed by atoms with Crippen LogP contribution in [0.4, 0.5) is 17.1 Å². The average Bonchev–Trinajstić information content (AvgIpc) is 4.00. The van der Waals surface area contributed by atoms with Crippen LogP contribution in [0.2, 0.25) is 0 Å². The first-order chi connectivity index (χ1) is 35.2. The molecule has 12 aromatic carbocycles. The molecular weight excluding hydrogens is 861 g/mol. The molecule has 0 aliphatic carbocycles. The number of hydrogen-bond donors (Lipinski definition) is 0. The molecule has 0 saturated heterocycles. The third-order valence-corrected chi connectivity index (χ3v) is 14.4. The Morgan fingerprint density at radius 2 is 0.831 bits per heavy atom. The second kappa shape index (κ2) is 16.7. The van der Waals surface area contributed by atoms with Gasteiger partial charge in [0.2, 0.25) is 0 Å². The summed E-state index contributed by atoms with van der Waals surface area (Å²) in [6.07, 6.45) is 0. The molecule has 0 bridgehead atoms. The summed E-state index contributed by atoms with van der Waals surface area (Å²) >= 11 is 0. The van der Waals surface area contributed by atoms with Crippen LogP contribution in [0.3, 0.4) is 0 Å². The summed E-state index contributed by atoms with van der Waals surface area (Å²) in [6, 6.07) is 96.7. The summed E-state index contributed by atoms with van der Waals surface area (Å²) < 4.78 is 8.92. The van der Waals surface area contributed by atoms with E-state index in [1.807, 2.05) is 12.1 Å². The van der Waals surface area contributed by atoms with Crippen molar-refractivity contribution in [3.8, 4) is 50.2 Å². The number of furan rings is 1. The number of rotatable bonds is 8. The Morgan fingerprint density at radius 3 is 1.59 bits per heavy atom. The van der Waals surface area contributed by atoms with Crippen LogP contribution in [0.5, 0.6) is 0 Å². The van der Waals surface area contributed by atoms with Crippen LogP contribution in [0, 0.1) is 0 Å². The quantitative estimate of drug-likeness (QED) is 0.142. The molecule has 0 aliphatic rings.